The molecule has 1 amide bonds. The first kappa shape index (κ1) is 27.9. The molecule has 0 saturated carbocycles. The van der Waals surface area contributed by atoms with Crippen molar-refractivity contribution in [2.24, 2.45) is 0 Å². The molecule has 0 bridgehead atoms. The first-order valence-corrected chi connectivity index (χ1v) is 14.2. The molecule has 2 N–H and O–H groups in total. The minimum absolute atomic E-state index is 0.0256. The minimum Gasteiger partial charge on any atom is -0.433 e. The number of carbonyl (C=O) groups excluding carboxylic acids is 1. The Kier molecular flexibility index (Phi) is 10.1. The Morgan fingerprint density at radius 3 is 2.61 bits per heavy atom. The number of imidazole rings is 1. The van der Waals surface area contributed by atoms with Crippen LogP contribution < -0.4 is 14.8 Å². The molecule has 0 unspecified atom stereocenters. The van der Waals surface area contributed by atoms with Crippen LogP contribution in [0, 0.1) is 0 Å². The summed E-state index contributed by atoms with van der Waals surface area (Å²) in [6.45, 7) is 2.06. The van der Waals surface area contributed by atoms with Gasteiger partial charge in [0.1, 0.15) is 5.75 Å². The molecule has 0 aliphatic heterocycles. The van der Waals surface area contributed by atoms with Crippen LogP contribution in [0.2, 0.25) is 0 Å². The lowest BCUT2D eigenvalue weighted by Crippen LogP contribution is -2.24. The van der Waals surface area contributed by atoms with Crippen LogP contribution in [0.15, 0.2) is 52.5 Å². The number of thioether (sulfide) groups is 1. The second kappa shape index (κ2) is 13.0. The van der Waals surface area contributed by atoms with Crippen molar-refractivity contribution in [3.05, 3.63) is 42.5 Å². The van der Waals surface area contributed by atoms with Gasteiger partial charge >= 0.3 is 6.61 Å². The molecule has 2 aromatic carbocycles. The van der Waals surface area contributed by atoms with E-state index in [2.05, 4.69) is 26.7 Å². The van der Waals surface area contributed by atoms with Gasteiger partial charge in [0.25, 0.3) is 0 Å². The van der Waals surface area contributed by atoms with E-state index in [4.69, 9.17) is 0 Å². The second-order valence-corrected chi connectivity index (χ2v) is 10.7. The van der Waals surface area contributed by atoms with Crippen LogP contribution >= 0.6 is 11.8 Å². The molecule has 0 aliphatic carbocycles. The number of aromatic nitrogens is 2. The van der Waals surface area contributed by atoms with Crippen LogP contribution in [0.5, 0.6) is 5.75 Å². The van der Waals surface area contributed by atoms with Gasteiger partial charge in [-0.05, 0) is 43.2 Å². The molecular weight excluding hydrogens is 510 g/mol. The SMILES string of the molecule is CCCCNS(=O)(=O)c1ccc2c(c1)nc(SCC(=O)Nc1ccccc1OC(F)F)n2CCCC. The summed E-state index contributed by atoms with van der Waals surface area (Å²) in [6, 6.07) is 10.8. The third kappa shape index (κ3) is 7.40. The number of anilines is 1. The summed E-state index contributed by atoms with van der Waals surface area (Å²) < 4.78 is 59.6. The molecule has 0 atom stereocenters. The van der Waals surface area contributed by atoms with Gasteiger partial charge in [-0.25, -0.2) is 18.1 Å². The lowest BCUT2D eigenvalue weighted by atomic mass is 10.3. The van der Waals surface area contributed by atoms with Crippen LogP contribution in [-0.4, -0.2) is 42.8 Å². The number of carbonyl (C=O) groups is 1. The van der Waals surface area contributed by atoms with Gasteiger partial charge in [-0.3, -0.25) is 4.79 Å². The molecule has 0 radical (unpaired) electrons. The Balaban J connectivity index is 1.79. The third-order valence-electron chi connectivity index (χ3n) is 5.26. The number of sulfonamides is 1. The highest BCUT2D eigenvalue weighted by Gasteiger charge is 2.19. The summed E-state index contributed by atoms with van der Waals surface area (Å²) >= 11 is 1.19. The number of nitrogens with one attached hydrogen (secondary N) is 2. The minimum atomic E-state index is -3.65. The van der Waals surface area contributed by atoms with E-state index in [9.17, 15) is 22.0 Å². The largest absolute Gasteiger partial charge is 0.433 e. The van der Waals surface area contributed by atoms with Crippen molar-refractivity contribution in [2.75, 3.05) is 17.6 Å². The molecule has 3 aromatic rings. The number of fused-ring (bicyclic) bond motifs is 1. The number of unbranched alkanes of at least 4 members (excludes halogenated alkanes) is 2. The van der Waals surface area contributed by atoms with Gasteiger partial charge in [-0.2, -0.15) is 8.78 Å². The topological polar surface area (TPSA) is 102 Å². The first-order valence-electron chi connectivity index (χ1n) is 11.7. The van der Waals surface area contributed by atoms with Crippen molar-refractivity contribution in [1.29, 1.82) is 0 Å². The maximum atomic E-state index is 12.6. The van der Waals surface area contributed by atoms with Crippen LogP contribution in [-0.2, 0) is 21.4 Å². The number of amides is 1. The lowest BCUT2D eigenvalue weighted by Gasteiger charge is -2.12. The smallest absolute Gasteiger partial charge is 0.387 e. The number of rotatable bonds is 14. The quantitative estimate of drug-likeness (QED) is 0.214. The second-order valence-electron chi connectivity index (χ2n) is 8.01. The molecule has 1 heterocycles. The van der Waals surface area contributed by atoms with Gasteiger partial charge in [-0.15, -0.1) is 0 Å². The van der Waals surface area contributed by atoms with Gasteiger partial charge < -0.3 is 14.6 Å². The van der Waals surface area contributed by atoms with Gasteiger partial charge in [0.05, 0.1) is 27.4 Å². The molecule has 0 saturated heterocycles. The number of ether oxygens (including phenoxy) is 1. The number of halogens is 2. The molecule has 0 fully saturated rings. The summed E-state index contributed by atoms with van der Waals surface area (Å²) in [7, 11) is -3.65. The molecule has 36 heavy (non-hydrogen) atoms. The maximum Gasteiger partial charge on any atom is 0.387 e. The number of nitrogens with zero attached hydrogens (tertiary/aromatic N) is 2. The van der Waals surface area contributed by atoms with Crippen LogP contribution in [0.4, 0.5) is 14.5 Å². The number of aryl methyl sites for hydroxylation is 1. The van der Waals surface area contributed by atoms with Crippen LogP contribution in [0.1, 0.15) is 39.5 Å². The van der Waals surface area contributed by atoms with Gasteiger partial charge in [-0.1, -0.05) is 50.6 Å². The molecular formula is C24H30F2N4O4S2. The van der Waals surface area contributed by atoms with Gasteiger partial charge in [0, 0.05) is 13.1 Å². The lowest BCUT2D eigenvalue weighted by molar-refractivity contribution is -0.113. The van der Waals surface area contributed by atoms with Crippen molar-refractivity contribution in [1.82, 2.24) is 14.3 Å². The van der Waals surface area contributed by atoms with Crippen molar-refractivity contribution in [2.45, 2.75) is 62.7 Å². The van der Waals surface area contributed by atoms with E-state index in [1.54, 1.807) is 18.2 Å². The standard InChI is InChI=1S/C24H30F2N4O4S2/c1-3-5-13-27-36(32,33)17-11-12-20-19(15-17)29-24(30(20)14-6-4-2)35-16-22(31)28-18-9-7-8-10-21(18)34-23(25)26/h7-12,15,23,27H,3-6,13-14,16H2,1-2H3,(H,28,31). The number of hydrogen-bond acceptors (Lipinski definition) is 6. The normalized spacial score (nSPS) is 11.8. The van der Waals surface area contributed by atoms with Crippen LogP contribution in [0.25, 0.3) is 11.0 Å². The van der Waals surface area contributed by atoms with E-state index >= 15 is 0 Å². The number of para-hydroxylation sites is 2. The molecule has 0 aliphatic rings. The van der Waals surface area contributed by atoms with E-state index in [0.29, 0.717) is 23.8 Å². The zero-order valence-corrected chi connectivity index (χ0v) is 21.8. The Morgan fingerprint density at radius 1 is 1.14 bits per heavy atom. The molecule has 1 aromatic heterocycles. The van der Waals surface area contributed by atoms with Crippen molar-refractivity contribution >= 4 is 44.4 Å². The predicted octanol–water partition coefficient (Wildman–Crippen LogP) is 5.25. The number of benzene rings is 2. The van der Waals surface area contributed by atoms with E-state index in [0.717, 1.165) is 31.2 Å². The Labute approximate surface area is 213 Å². The summed E-state index contributed by atoms with van der Waals surface area (Å²) in [5.74, 6) is -0.563. The maximum absolute atomic E-state index is 12.6. The highest BCUT2D eigenvalue weighted by Crippen LogP contribution is 2.29. The molecule has 12 heteroatoms. The Hall–Kier alpha value is -2.70. The zero-order chi connectivity index (χ0) is 26.1. The molecule has 196 valence electrons. The Bertz CT molecular complexity index is 1280. The third-order valence-corrected chi connectivity index (χ3v) is 7.70. The predicted molar refractivity (Wildman–Crippen MR) is 137 cm³/mol. The van der Waals surface area contributed by atoms with E-state index in [1.165, 1.54) is 36.0 Å². The van der Waals surface area contributed by atoms with E-state index in [1.807, 2.05) is 11.5 Å². The van der Waals surface area contributed by atoms with Gasteiger partial charge in [0.15, 0.2) is 5.16 Å². The molecule has 0 spiro atoms. The van der Waals surface area contributed by atoms with E-state index in [-0.39, 0.29) is 22.1 Å². The zero-order valence-electron chi connectivity index (χ0n) is 20.2. The van der Waals surface area contributed by atoms with Crippen LogP contribution in [0.3, 0.4) is 0 Å². The molecule has 3 rings (SSSR count). The highest BCUT2D eigenvalue weighted by atomic mass is 32.2. The Morgan fingerprint density at radius 2 is 1.89 bits per heavy atom. The number of alkyl halides is 2. The molecule has 8 nitrogen and oxygen atoms in total. The van der Waals surface area contributed by atoms with Gasteiger partial charge in [0.2, 0.25) is 15.9 Å². The van der Waals surface area contributed by atoms with E-state index < -0.39 is 22.5 Å². The van der Waals surface area contributed by atoms with Crippen molar-refractivity contribution in [3.63, 3.8) is 0 Å². The highest BCUT2D eigenvalue weighted by molar-refractivity contribution is 7.99. The van der Waals surface area contributed by atoms with Crippen molar-refractivity contribution < 1.29 is 26.7 Å². The fourth-order valence-corrected chi connectivity index (χ4v) is 5.38. The summed E-state index contributed by atoms with van der Waals surface area (Å²) in [5.41, 5.74) is 1.44. The number of hydrogen-bond donors (Lipinski definition) is 2. The first-order chi connectivity index (χ1) is 17.2. The summed E-state index contributed by atoms with van der Waals surface area (Å²) in [5, 5.41) is 3.16. The fourth-order valence-electron chi connectivity index (χ4n) is 3.45. The van der Waals surface area contributed by atoms with Crippen molar-refractivity contribution in [3.8, 4) is 5.75 Å². The average Bonchev–Trinajstić information content (AvgIpc) is 3.19. The average molecular weight is 541 g/mol. The monoisotopic (exact) mass is 540 g/mol. The summed E-state index contributed by atoms with van der Waals surface area (Å²) in [4.78, 5) is 17.3. The summed E-state index contributed by atoms with van der Waals surface area (Å²) in [6.07, 6.45) is 3.44. The fraction of sp³-hybridized carbons (Fsp3) is 0.417.